The lowest BCUT2D eigenvalue weighted by atomic mass is 10.1. The first-order valence-corrected chi connectivity index (χ1v) is 6.47. The zero-order chi connectivity index (χ0) is 15.6. The average Bonchev–Trinajstić information content (AvgIpc) is 2.40. The monoisotopic (exact) mass is 355 g/mol. The number of nitrogens with one attached hydrogen (secondary N) is 1. The van der Waals surface area contributed by atoms with Crippen LogP contribution in [0.2, 0.25) is 0 Å². The third-order valence-corrected chi connectivity index (χ3v) is 3.13. The standard InChI is InChI=1S/C14H8BrF2NO3/c15-8-2-3-9(10(16)6-8)13(19)18-12-4-1-7(14(20)21)5-11(12)17/h1-6H,(H,18,19)(H,20,21). The molecule has 0 aliphatic carbocycles. The normalized spacial score (nSPS) is 10.2. The van der Waals surface area contributed by atoms with Crippen molar-refractivity contribution in [3.05, 3.63) is 63.6 Å². The molecule has 0 atom stereocenters. The highest BCUT2D eigenvalue weighted by atomic mass is 79.9. The number of carboxylic acid groups (broad SMARTS) is 1. The molecule has 7 heteroatoms. The lowest BCUT2D eigenvalue weighted by Gasteiger charge is -2.08. The number of aromatic carboxylic acids is 1. The summed E-state index contributed by atoms with van der Waals surface area (Å²) < 4.78 is 27.7. The maximum absolute atomic E-state index is 13.7. The number of amides is 1. The quantitative estimate of drug-likeness (QED) is 0.882. The van der Waals surface area contributed by atoms with Crippen LogP contribution in [0, 0.1) is 11.6 Å². The molecule has 0 aliphatic heterocycles. The molecule has 0 heterocycles. The van der Waals surface area contributed by atoms with Gasteiger partial charge in [0, 0.05) is 4.47 Å². The highest BCUT2D eigenvalue weighted by Crippen LogP contribution is 2.19. The van der Waals surface area contributed by atoms with Crippen molar-refractivity contribution in [2.45, 2.75) is 0 Å². The number of hydrogen-bond acceptors (Lipinski definition) is 2. The molecule has 2 aromatic rings. The van der Waals surface area contributed by atoms with E-state index in [9.17, 15) is 18.4 Å². The second-order valence-electron chi connectivity index (χ2n) is 4.08. The highest BCUT2D eigenvalue weighted by molar-refractivity contribution is 9.10. The fourth-order valence-electron chi connectivity index (χ4n) is 1.61. The number of rotatable bonds is 3. The molecule has 0 aliphatic rings. The molecule has 21 heavy (non-hydrogen) atoms. The van der Waals surface area contributed by atoms with Gasteiger partial charge in [0.25, 0.3) is 5.91 Å². The number of carboxylic acids is 1. The number of carbonyl (C=O) groups excluding carboxylic acids is 1. The van der Waals surface area contributed by atoms with Crippen LogP contribution >= 0.6 is 15.9 Å². The summed E-state index contributed by atoms with van der Waals surface area (Å²) >= 11 is 3.06. The van der Waals surface area contributed by atoms with Gasteiger partial charge < -0.3 is 10.4 Å². The molecular formula is C14H8BrF2NO3. The van der Waals surface area contributed by atoms with E-state index in [-0.39, 0.29) is 16.8 Å². The lowest BCUT2D eigenvalue weighted by Crippen LogP contribution is -2.15. The van der Waals surface area contributed by atoms with Crippen LogP contribution in [0.1, 0.15) is 20.7 Å². The molecule has 0 spiro atoms. The molecule has 0 saturated carbocycles. The summed E-state index contributed by atoms with van der Waals surface area (Å²) in [5, 5.41) is 10.9. The zero-order valence-electron chi connectivity index (χ0n) is 10.4. The molecule has 0 bridgehead atoms. The second kappa shape index (κ2) is 6.01. The van der Waals surface area contributed by atoms with Gasteiger partial charge in [-0.3, -0.25) is 4.79 Å². The molecule has 0 unspecified atom stereocenters. The van der Waals surface area contributed by atoms with Crippen LogP contribution in [-0.4, -0.2) is 17.0 Å². The number of hydrogen-bond donors (Lipinski definition) is 2. The molecule has 2 N–H and O–H groups in total. The van der Waals surface area contributed by atoms with Crippen molar-refractivity contribution in [3.63, 3.8) is 0 Å². The number of carbonyl (C=O) groups is 2. The van der Waals surface area contributed by atoms with Gasteiger partial charge >= 0.3 is 5.97 Å². The third kappa shape index (κ3) is 3.43. The van der Waals surface area contributed by atoms with Crippen LogP contribution in [-0.2, 0) is 0 Å². The Morgan fingerprint density at radius 2 is 1.76 bits per heavy atom. The second-order valence-corrected chi connectivity index (χ2v) is 4.99. The third-order valence-electron chi connectivity index (χ3n) is 2.64. The Bertz CT molecular complexity index is 734. The van der Waals surface area contributed by atoms with Gasteiger partial charge in [-0.15, -0.1) is 0 Å². The largest absolute Gasteiger partial charge is 0.478 e. The van der Waals surface area contributed by atoms with Crippen molar-refractivity contribution in [1.29, 1.82) is 0 Å². The maximum atomic E-state index is 13.7. The first-order valence-electron chi connectivity index (χ1n) is 5.67. The Morgan fingerprint density at radius 3 is 2.33 bits per heavy atom. The predicted molar refractivity (Wildman–Crippen MR) is 75.4 cm³/mol. The maximum Gasteiger partial charge on any atom is 0.335 e. The summed E-state index contributed by atoms with van der Waals surface area (Å²) in [4.78, 5) is 22.5. The smallest absolute Gasteiger partial charge is 0.335 e. The molecular weight excluding hydrogens is 348 g/mol. The van der Waals surface area contributed by atoms with E-state index in [4.69, 9.17) is 5.11 Å². The van der Waals surface area contributed by atoms with Gasteiger partial charge in [-0.05, 0) is 36.4 Å². The highest BCUT2D eigenvalue weighted by Gasteiger charge is 2.15. The van der Waals surface area contributed by atoms with E-state index in [1.807, 2.05) is 0 Å². The summed E-state index contributed by atoms with van der Waals surface area (Å²) in [6.45, 7) is 0. The number of halogens is 3. The number of anilines is 1. The average molecular weight is 356 g/mol. The minimum absolute atomic E-state index is 0.229. The molecule has 2 rings (SSSR count). The number of benzene rings is 2. The van der Waals surface area contributed by atoms with Crippen molar-refractivity contribution in [3.8, 4) is 0 Å². The van der Waals surface area contributed by atoms with Crippen LogP contribution in [0.5, 0.6) is 0 Å². The van der Waals surface area contributed by atoms with Gasteiger partial charge in [-0.25, -0.2) is 13.6 Å². The Kier molecular flexibility index (Phi) is 4.32. The SMILES string of the molecule is O=C(O)c1ccc(NC(=O)c2ccc(Br)cc2F)c(F)c1. The lowest BCUT2D eigenvalue weighted by molar-refractivity contribution is 0.0696. The van der Waals surface area contributed by atoms with Crippen LogP contribution in [0.3, 0.4) is 0 Å². The molecule has 108 valence electrons. The van der Waals surface area contributed by atoms with Gasteiger partial charge in [-0.2, -0.15) is 0 Å². The Balaban J connectivity index is 2.25. The molecule has 0 radical (unpaired) electrons. The van der Waals surface area contributed by atoms with E-state index >= 15 is 0 Å². The Labute approximate surface area is 126 Å². The van der Waals surface area contributed by atoms with E-state index in [2.05, 4.69) is 21.2 Å². The van der Waals surface area contributed by atoms with E-state index < -0.39 is 23.5 Å². The van der Waals surface area contributed by atoms with E-state index in [1.165, 1.54) is 12.1 Å². The van der Waals surface area contributed by atoms with Crippen LogP contribution < -0.4 is 5.32 Å². The van der Waals surface area contributed by atoms with Crippen molar-refractivity contribution < 1.29 is 23.5 Å². The molecule has 4 nitrogen and oxygen atoms in total. The summed E-state index contributed by atoms with van der Waals surface area (Å²) in [5.41, 5.74) is -0.729. The fraction of sp³-hybridized carbons (Fsp3) is 0. The summed E-state index contributed by atoms with van der Waals surface area (Å²) in [6, 6.07) is 6.85. The van der Waals surface area contributed by atoms with E-state index in [0.717, 1.165) is 24.3 Å². The van der Waals surface area contributed by atoms with Gasteiger partial charge in [0.05, 0.1) is 16.8 Å². The van der Waals surface area contributed by atoms with Crippen molar-refractivity contribution in [2.75, 3.05) is 5.32 Å². The van der Waals surface area contributed by atoms with Gasteiger partial charge in [0.1, 0.15) is 11.6 Å². The van der Waals surface area contributed by atoms with Crippen LogP contribution in [0.25, 0.3) is 0 Å². The van der Waals surface area contributed by atoms with E-state index in [0.29, 0.717) is 4.47 Å². The zero-order valence-corrected chi connectivity index (χ0v) is 11.9. The van der Waals surface area contributed by atoms with Crippen molar-refractivity contribution in [1.82, 2.24) is 0 Å². The fourth-order valence-corrected chi connectivity index (χ4v) is 1.95. The van der Waals surface area contributed by atoms with Crippen LogP contribution in [0.15, 0.2) is 40.9 Å². The predicted octanol–water partition coefficient (Wildman–Crippen LogP) is 3.68. The molecule has 2 aromatic carbocycles. The van der Waals surface area contributed by atoms with Gasteiger partial charge in [0.15, 0.2) is 0 Å². The summed E-state index contributed by atoms with van der Waals surface area (Å²) in [5.74, 6) is -3.79. The topological polar surface area (TPSA) is 66.4 Å². The first-order chi connectivity index (χ1) is 9.88. The molecule has 1 amide bonds. The molecule has 0 saturated heterocycles. The van der Waals surface area contributed by atoms with Crippen molar-refractivity contribution >= 4 is 33.5 Å². The Hall–Kier alpha value is -2.28. The van der Waals surface area contributed by atoms with Gasteiger partial charge in [-0.1, -0.05) is 15.9 Å². The first kappa shape index (κ1) is 15.1. The van der Waals surface area contributed by atoms with Crippen LogP contribution in [0.4, 0.5) is 14.5 Å². The van der Waals surface area contributed by atoms with Crippen molar-refractivity contribution in [2.24, 2.45) is 0 Å². The Morgan fingerprint density at radius 1 is 1.05 bits per heavy atom. The van der Waals surface area contributed by atoms with E-state index in [1.54, 1.807) is 0 Å². The van der Waals surface area contributed by atoms with Gasteiger partial charge in [0.2, 0.25) is 0 Å². The summed E-state index contributed by atoms with van der Waals surface area (Å²) in [7, 11) is 0. The summed E-state index contributed by atoms with van der Waals surface area (Å²) in [6.07, 6.45) is 0. The molecule has 0 aromatic heterocycles. The minimum atomic E-state index is -1.29. The molecule has 0 fully saturated rings. The minimum Gasteiger partial charge on any atom is -0.478 e.